The molecule has 53 heavy (non-hydrogen) atoms. The van der Waals surface area contributed by atoms with Crippen molar-refractivity contribution < 1.29 is 0 Å². The lowest BCUT2D eigenvalue weighted by molar-refractivity contribution is 1.07. The van der Waals surface area contributed by atoms with Gasteiger partial charge in [0.25, 0.3) is 0 Å². The Morgan fingerprint density at radius 2 is 0.887 bits per heavy atom. The molecule has 0 N–H and O–H groups in total. The summed E-state index contributed by atoms with van der Waals surface area (Å²) in [6, 6.07) is 64.5. The van der Waals surface area contributed by atoms with Crippen LogP contribution in [-0.4, -0.2) is 19.4 Å². The monoisotopic (exact) mass is 674 g/mol. The average Bonchev–Trinajstić information content (AvgIpc) is 3.77. The highest BCUT2D eigenvalue weighted by Gasteiger charge is 2.23. The molecule has 0 unspecified atom stereocenters. The van der Waals surface area contributed by atoms with Crippen LogP contribution in [0.15, 0.2) is 182 Å². The van der Waals surface area contributed by atoms with Crippen LogP contribution in [0.3, 0.4) is 0 Å². The molecule has 4 nitrogen and oxygen atoms in total. The molecule has 0 aliphatic rings. The van der Waals surface area contributed by atoms with Gasteiger partial charge in [0.05, 0.1) is 16.6 Å². The third-order valence-electron chi connectivity index (χ3n) is 10.6. The Hall–Kier alpha value is -7.17. The molecule has 4 heteroatoms. The summed E-state index contributed by atoms with van der Waals surface area (Å²) in [5.74, 6) is 1.95. The highest BCUT2D eigenvalue weighted by Crippen LogP contribution is 2.46. The third-order valence-corrected chi connectivity index (χ3v) is 10.6. The molecule has 11 rings (SSSR count). The van der Waals surface area contributed by atoms with Crippen LogP contribution in [0.25, 0.3) is 105 Å². The molecule has 0 fully saturated rings. The van der Waals surface area contributed by atoms with E-state index >= 15 is 0 Å². The van der Waals surface area contributed by atoms with E-state index in [4.69, 9.17) is 15.0 Å². The largest absolute Gasteiger partial charge is 0.307 e. The lowest BCUT2D eigenvalue weighted by Gasteiger charge is -2.10. The minimum atomic E-state index is 0.645. The van der Waals surface area contributed by atoms with Gasteiger partial charge in [0.1, 0.15) is 0 Å². The molecule has 3 heterocycles. The molecule has 0 saturated carbocycles. The Kier molecular flexibility index (Phi) is 6.52. The highest BCUT2D eigenvalue weighted by atomic mass is 15.0. The van der Waals surface area contributed by atoms with Crippen molar-refractivity contribution in [2.75, 3.05) is 0 Å². The lowest BCUT2D eigenvalue weighted by atomic mass is 9.95. The number of fused-ring (bicyclic) bond motifs is 7. The van der Waals surface area contributed by atoms with E-state index in [2.05, 4.69) is 126 Å². The number of hydrogen-bond donors (Lipinski definition) is 0. The van der Waals surface area contributed by atoms with Gasteiger partial charge in [-0.3, -0.25) is 0 Å². The van der Waals surface area contributed by atoms with Gasteiger partial charge in [-0.2, -0.15) is 0 Å². The van der Waals surface area contributed by atoms with Crippen LogP contribution in [0.4, 0.5) is 0 Å². The van der Waals surface area contributed by atoms with Crippen molar-refractivity contribution in [3.63, 3.8) is 0 Å². The quantitative estimate of drug-likeness (QED) is 0.182. The molecule has 246 valence electrons. The number of hydrogen-bond acceptors (Lipinski definition) is 3. The zero-order valence-electron chi connectivity index (χ0n) is 28.6. The molecule has 8 aromatic carbocycles. The Labute approximate surface area is 305 Å². The van der Waals surface area contributed by atoms with Crippen LogP contribution in [-0.2, 0) is 0 Å². The number of aromatic nitrogens is 4. The molecule has 3 aromatic heterocycles. The van der Waals surface area contributed by atoms with Gasteiger partial charge in [-0.05, 0) is 45.7 Å². The molecule has 0 amide bonds. The standard InChI is InChI=1S/C49H30N4/c1-3-14-32(15-4-1)47-50-48(33-16-5-2-6-17-33)52-49(51-47)37-20-11-19-35(30-37)38-27-28-41-40-23-12-22-39(36-26-25-31-13-7-8-18-34(31)29-36)45(40)53-43-24-10-9-21-42(43)44(38)46(41)53/h1-30H. The van der Waals surface area contributed by atoms with Gasteiger partial charge in [0, 0.05) is 43.8 Å². The molecular weight excluding hydrogens is 645 g/mol. The zero-order chi connectivity index (χ0) is 34.9. The van der Waals surface area contributed by atoms with Gasteiger partial charge in [0.15, 0.2) is 17.5 Å². The molecule has 0 spiro atoms. The first-order valence-electron chi connectivity index (χ1n) is 18.0. The fourth-order valence-corrected chi connectivity index (χ4v) is 8.14. The van der Waals surface area contributed by atoms with Crippen molar-refractivity contribution in [2.24, 2.45) is 0 Å². The molecule has 0 bridgehead atoms. The fourth-order valence-electron chi connectivity index (χ4n) is 8.14. The summed E-state index contributed by atoms with van der Waals surface area (Å²) in [6.45, 7) is 0. The first kappa shape index (κ1) is 29.5. The summed E-state index contributed by atoms with van der Waals surface area (Å²) in [5.41, 5.74) is 11.3. The maximum Gasteiger partial charge on any atom is 0.164 e. The summed E-state index contributed by atoms with van der Waals surface area (Å²) in [5, 5.41) is 7.49. The Morgan fingerprint density at radius 3 is 1.66 bits per heavy atom. The van der Waals surface area contributed by atoms with Gasteiger partial charge >= 0.3 is 0 Å². The van der Waals surface area contributed by atoms with E-state index in [-0.39, 0.29) is 0 Å². The van der Waals surface area contributed by atoms with Gasteiger partial charge < -0.3 is 4.40 Å². The lowest BCUT2D eigenvalue weighted by Crippen LogP contribution is -2.00. The van der Waals surface area contributed by atoms with E-state index < -0.39 is 0 Å². The highest BCUT2D eigenvalue weighted by molar-refractivity contribution is 6.28. The van der Waals surface area contributed by atoms with E-state index in [1.807, 2.05) is 60.7 Å². The molecular formula is C49H30N4. The van der Waals surface area contributed by atoms with Crippen molar-refractivity contribution in [1.82, 2.24) is 19.4 Å². The maximum atomic E-state index is 5.03. The minimum Gasteiger partial charge on any atom is -0.307 e. The zero-order valence-corrected chi connectivity index (χ0v) is 28.6. The number of rotatable bonds is 5. The van der Waals surface area contributed by atoms with Crippen molar-refractivity contribution in [3.05, 3.63) is 182 Å². The first-order chi connectivity index (χ1) is 26.3. The number of nitrogens with zero attached hydrogens (tertiary/aromatic N) is 4. The second kappa shape index (κ2) is 11.7. The molecule has 0 saturated heterocycles. The summed E-state index contributed by atoms with van der Waals surface area (Å²) in [4.78, 5) is 15.0. The number of para-hydroxylation sites is 2. The van der Waals surface area contributed by atoms with Gasteiger partial charge in [-0.15, -0.1) is 0 Å². The summed E-state index contributed by atoms with van der Waals surface area (Å²) in [6.07, 6.45) is 0. The van der Waals surface area contributed by atoms with Gasteiger partial charge in [0.2, 0.25) is 0 Å². The summed E-state index contributed by atoms with van der Waals surface area (Å²) < 4.78 is 2.50. The minimum absolute atomic E-state index is 0.645. The molecule has 11 aromatic rings. The van der Waals surface area contributed by atoms with Crippen molar-refractivity contribution >= 4 is 48.9 Å². The van der Waals surface area contributed by atoms with Crippen LogP contribution in [0.5, 0.6) is 0 Å². The van der Waals surface area contributed by atoms with E-state index in [9.17, 15) is 0 Å². The predicted octanol–water partition coefficient (Wildman–Crippen LogP) is 12.5. The summed E-state index contributed by atoms with van der Waals surface area (Å²) >= 11 is 0. The Balaban J connectivity index is 1.13. The van der Waals surface area contributed by atoms with Gasteiger partial charge in [-0.25, -0.2) is 15.0 Å². The SMILES string of the molecule is c1ccc(-c2nc(-c3ccccc3)nc(-c3cccc(-c4ccc5c6cccc(-c7ccc8ccccc8c7)c6n6c7ccccc7c4c56)c3)n2)cc1. The first-order valence-corrected chi connectivity index (χ1v) is 18.0. The molecule has 0 aliphatic heterocycles. The second-order valence-electron chi connectivity index (χ2n) is 13.6. The molecule has 0 radical (unpaired) electrons. The van der Waals surface area contributed by atoms with E-state index in [0.29, 0.717) is 17.5 Å². The Morgan fingerprint density at radius 1 is 0.321 bits per heavy atom. The second-order valence-corrected chi connectivity index (χ2v) is 13.6. The summed E-state index contributed by atoms with van der Waals surface area (Å²) in [7, 11) is 0. The van der Waals surface area contributed by atoms with E-state index in [1.165, 1.54) is 65.6 Å². The van der Waals surface area contributed by atoms with E-state index in [0.717, 1.165) is 22.3 Å². The Bertz CT molecular complexity index is 3110. The van der Waals surface area contributed by atoms with Crippen molar-refractivity contribution in [1.29, 1.82) is 0 Å². The van der Waals surface area contributed by atoms with Crippen LogP contribution in [0, 0.1) is 0 Å². The van der Waals surface area contributed by atoms with Crippen LogP contribution < -0.4 is 0 Å². The van der Waals surface area contributed by atoms with E-state index in [1.54, 1.807) is 0 Å². The van der Waals surface area contributed by atoms with Crippen LogP contribution in [0.1, 0.15) is 0 Å². The number of benzene rings is 8. The normalized spacial score (nSPS) is 11.8. The average molecular weight is 675 g/mol. The third kappa shape index (κ3) is 4.66. The topological polar surface area (TPSA) is 43.1 Å². The van der Waals surface area contributed by atoms with Crippen molar-refractivity contribution in [2.45, 2.75) is 0 Å². The fraction of sp³-hybridized carbons (Fsp3) is 0. The van der Waals surface area contributed by atoms with Crippen LogP contribution >= 0.6 is 0 Å². The maximum absolute atomic E-state index is 5.03. The predicted molar refractivity (Wildman–Crippen MR) is 219 cm³/mol. The smallest absolute Gasteiger partial charge is 0.164 e. The van der Waals surface area contributed by atoms with Crippen LogP contribution in [0.2, 0.25) is 0 Å². The van der Waals surface area contributed by atoms with Crippen molar-refractivity contribution in [3.8, 4) is 56.4 Å². The molecule has 0 aliphatic carbocycles. The molecule has 0 atom stereocenters. The van der Waals surface area contributed by atoms with Gasteiger partial charge in [-0.1, -0.05) is 164 Å².